The summed E-state index contributed by atoms with van der Waals surface area (Å²) >= 11 is 8.81. The van der Waals surface area contributed by atoms with Gasteiger partial charge in [-0.15, -0.1) is 11.3 Å². The molecular formula is C19H11Br2NS. The Morgan fingerprint density at radius 2 is 1.65 bits per heavy atom. The normalized spacial score (nSPS) is 11.0. The minimum atomic E-state index is 1.01. The van der Waals surface area contributed by atoms with Crippen LogP contribution in [0.3, 0.4) is 0 Å². The van der Waals surface area contributed by atoms with Crippen LogP contribution in [0, 0.1) is 0 Å². The summed E-state index contributed by atoms with van der Waals surface area (Å²) in [5.41, 5.74) is 4.43. The van der Waals surface area contributed by atoms with Crippen molar-refractivity contribution in [2.24, 2.45) is 0 Å². The van der Waals surface area contributed by atoms with Gasteiger partial charge in [-0.3, -0.25) is 0 Å². The lowest BCUT2D eigenvalue weighted by atomic mass is 10.00. The van der Waals surface area contributed by atoms with Crippen LogP contribution >= 0.6 is 43.2 Å². The number of aromatic nitrogens is 1. The molecule has 0 spiro atoms. The van der Waals surface area contributed by atoms with Crippen molar-refractivity contribution in [1.82, 2.24) is 4.98 Å². The van der Waals surface area contributed by atoms with Crippen molar-refractivity contribution in [3.8, 4) is 21.7 Å². The van der Waals surface area contributed by atoms with Crippen LogP contribution in [0.1, 0.15) is 0 Å². The van der Waals surface area contributed by atoms with Crippen molar-refractivity contribution in [1.29, 1.82) is 0 Å². The maximum atomic E-state index is 4.85. The van der Waals surface area contributed by atoms with E-state index in [1.807, 2.05) is 12.1 Å². The van der Waals surface area contributed by atoms with Crippen LogP contribution in [0.25, 0.3) is 32.6 Å². The number of halogens is 2. The maximum absolute atomic E-state index is 4.85. The number of pyridine rings is 1. The van der Waals surface area contributed by atoms with Gasteiger partial charge in [0.2, 0.25) is 0 Å². The van der Waals surface area contributed by atoms with E-state index in [2.05, 4.69) is 86.5 Å². The van der Waals surface area contributed by atoms with Crippen LogP contribution in [0.2, 0.25) is 0 Å². The first-order valence-corrected chi connectivity index (χ1v) is 9.52. The molecule has 0 unspecified atom stereocenters. The van der Waals surface area contributed by atoms with E-state index in [1.165, 1.54) is 16.0 Å². The highest BCUT2D eigenvalue weighted by Gasteiger charge is 2.11. The zero-order chi connectivity index (χ0) is 15.8. The Labute approximate surface area is 155 Å². The van der Waals surface area contributed by atoms with Gasteiger partial charge in [0.05, 0.1) is 19.9 Å². The van der Waals surface area contributed by atoms with Crippen molar-refractivity contribution in [3.63, 3.8) is 0 Å². The van der Waals surface area contributed by atoms with Gasteiger partial charge in [-0.25, -0.2) is 4.98 Å². The van der Waals surface area contributed by atoms with E-state index in [0.717, 1.165) is 24.9 Å². The molecule has 23 heavy (non-hydrogen) atoms. The number of hydrogen-bond donors (Lipinski definition) is 0. The molecule has 2 heterocycles. The quantitative estimate of drug-likeness (QED) is 0.319. The predicted molar refractivity (Wildman–Crippen MR) is 106 cm³/mol. The summed E-state index contributed by atoms with van der Waals surface area (Å²) in [6, 6.07) is 23.1. The Morgan fingerprint density at radius 1 is 0.826 bits per heavy atom. The molecule has 0 aliphatic rings. The van der Waals surface area contributed by atoms with E-state index in [9.17, 15) is 0 Å². The molecule has 0 fully saturated rings. The number of thiophene rings is 1. The second-order valence-corrected chi connectivity index (χ2v) is 8.57. The van der Waals surface area contributed by atoms with Crippen LogP contribution in [-0.4, -0.2) is 4.98 Å². The summed E-state index contributed by atoms with van der Waals surface area (Å²) in [6.07, 6.45) is 0. The fraction of sp³-hybridized carbons (Fsp3) is 0. The van der Waals surface area contributed by atoms with E-state index in [1.54, 1.807) is 11.3 Å². The Bertz CT molecular complexity index is 993. The molecule has 112 valence electrons. The van der Waals surface area contributed by atoms with Gasteiger partial charge in [0.1, 0.15) is 0 Å². The topological polar surface area (TPSA) is 12.9 Å². The SMILES string of the molecule is Brc1ccc2nc(-c3ccc(Br)s3)cc(-c3ccccc3)c2c1. The van der Waals surface area contributed by atoms with Gasteiger partial charge in [0, 0.05) is 9.86 Å². The largest absolute Gasteiger partial charge is 0.247 e. The van der Waals surface area contributed by atoms with E-state index < -0.39 is 0 Å². The fourth-order valence-corrected chi connectivity index (χ4v) is 4.34. The average Bonchev–Trinajstić information content (AvgIpc) is 3.01. The molecule has 2 aromatic carbocycles. The molecule has 0 radical (unpaired) electrons. The minimum absolute atomic E-state index is 1.01. The molecular weight excluding hydrogens is 434 g/mol. The Morgan fingerprint density at radius 3 is 2.39 bits per heavy atom. The zero-order valence-electron chi connectivity index (χ0n) is 12.0. The molecule has 0 aliphatic carbocycles. The molecule has 0 saturated carbocycles. The van der Waals surface area contributed by atoms with Crippen LogP contribution in [-0.2, 0) is 0 Å². The number of rotatable bonds is 2. The summed E-state index contributed by atoms with van der Waals surface area (Å²) < 4.78 is 2.18. The van der Waals surface area contributed by atoms with Crippen molar-refractivity contribution >= 4 is 54.1 Å². The first kappa shape index (κ1) is 15.1. The number of benzene rings is 2. The summed E-state index contributed by atoms with van der Waals surface area (Å²) in [5, 5.41) is 1.16. The van der Waals surface area contributed by atoms with Crippen LogP contribution < -0.4 is 0 Å². The molecule has 4 heteroatoms. The van der Waals surface area contributed by atoms with Crippen molar-refractivity contribution in [2.75, 3.05) is 0 Å². The highest BCUT2D eigenvalue weighted by Crippen LogP contribution is 2.36. The molecule has 0 atom stereocenters. The molecule has 0 aliphatic heterocycles. The highest BCUT2D eigenvalue weighted by atomic mass is 79.9. The molecule has 0 amide bonds. The molecule has 0 N–H and O–H groups in total. The zero-order valence-corrected chi connectivity index (χ0v) is 16.0. The predicted octanol–water partition coefficient (Wildman–Crippen LogP) is 7.16. The van der Waals surface area contributed by atoms with Gasteiger partial charge in [-0.05, 0) is 63.5 Å². The van der Waals surface area contributed by atoms with Gasteiger partial charge in [0.15, 0.2) is 0 Å². The molecule has 2 aromatic heterocycles. The van der Waals surface area contributed by atoms with E-state index in [0.29, 0.717) is 0 Å². The third-order valence-corrected chi connectivity index (χ3v) is 5.82. The minimum Gasteiger partial charge on any atom is -0.247 e. The summed E-state index contributed by atoms with van der Waals surface area (Å²) in [5.74, 6) is 0. The Kier molecular flexibility index (Phi) is 4.05. The van der Waals surface area contributed by atoms with Crippen LogP contribution in [0.5, 0.6) is 0 Å². The van der Waals surface area contributed by atoms with Gasteiger partial charge in [-0.2, -0.15) is 0 Å². The van der Waals surface area contributed by atoms with Gasteiger partial charge in [-0.1, -0.05) is 46.3 Å². The lowest BCUT2D eigenvalue weighted by Gasteiger charge is -2.10. The third kappa shape index (κ3) is 2.99. The second kappa shape index (κ2) is 6.19. The maximum Gasteiger partial charge on any atom is 0.0816 e. The van der Waals surface area contributed by atoms with Crippen LogP contribution in [0.4, 0.5) is 0 Å². The number of hydrogen-bond acceptors (Lipinski definition) is 2. The first-order chi connectivity index (χ1) is 11.2. The lowest BCUT2D eigenvalue weighted by molar-refractivity contribution is 1.41. The van der Waals surface area contributed by atoms with Gasteiger partial charge in [0.25, 0.3) is 0 Å². The fourth-order valence-electron chi connectivity index (χ4n) is 2.63. The average molecular weight is 445 g/mol. The molecule has 1 nitrogen and oxygen atoms in total. The number of nitrogens with zero attached hydrogens (tertiary/aromatic N) is 1. The van der Waals surface area contributed by atoms with Crippen molar-refractivity contribution < 1.29 is 0 Å². The first-order valence-electron chi connectivity index (χ1n) is 7.12. The molecule has 4 rings (SSSR count). The summed E-state index contributed by atoms with van der Waals surface area (Å²) in [7, 11) is 0. The number of fused-ring (bicyclic) bond motifs is 1. The monoisotopic (exact) mass is 443 g/mol. The molecule has 0 saturated heterocycles. The molecule has 0 bridgehead atoms. The Balaban J connectivity index is 2.03. The Hall–Kier alpha value is -1.49. The van der Waals surface area contributed by atoms with Gasteiger partial charge >= 0.3 is 0 Å². The van der Waals surface area contributed by atoms with Crippen molar-refractivity contribution in [3.05, 3.63) is 75.0 Å². The van der Waals surface area contributed by atoms with Gasteiger partial charge < -0.3 is 0 Å². The lowest BCUT2D eigenvalue weighted by Crippen LogP contribution is -1.88. The highest BCUT2D eigenvalue weighted by molar-refractivity contribution is 9.11. The summed E-state index contributed by atoms with van der Waals surface area (Å²) in [4.78, 5) is 6.02. The third-order valence-electron chi connectivity index (χ3n) is 3.68. The smallest absolute Gasteiger partial charge is 0.0816 e. The van der Waals surface area contributed by atoms with E-state index in [4.69, 9.17) is 4.98 Å². The van der Waals surface area contributed by atoms with Crippen molar-refractivity contribution in [2.45, 2.75) is 0 Å². The standard InChI is InChI=1S/C19H11Br2NS/c20-13-6-7-16-15(10-13)14(12-4-2-1-3-5-12)11-17(22-16)18-8-9-19(21)23-18/h1-11H. The summed E-state index contributed by atoms with van der Waals surface area (Å²) in [6.45, 7) is 0. The van der Waals surface area contributed by atoms with E-state index in [-0.39, 0.29) is 0 Å². The molecule has 4 aromatic rings. The van der Waals surface area contributed by atoms with E-state index >= 15 is 0 Å². The van der Waals surface area contributed by atoms with Crippen LogP contribution in [0.15, 0.2) is 75.0 Å². The second-order valence-electron chi connectivity index (χ2n) is 5.19.